The third-order valence-corrected chi connectivity index (χ3v) is 0. The van der Waals surface area contributed by atoms with Gasteiger partial charge in [0.25, 0.3) is 0 Å². The molecule has 0 saturated heterocycles. The first-order valence-corrected chi connectivity index (χ1v) is 0. The average molecular weight is 372 g/mol. The molecule has 0 saturated carbocycles. The molecule has 0 aromatic heterocycles. The second kappa shape index (κ2) is 86.2. The van der Waals surface area contributed by atoms with Gasteiger partial charge in [0, 0.05) is 0 Å². The van der Waals surface area contributed by atoms with E-state index < -0.39 is 0 Å². The molecule has 0 fully saturated rings. The molecule has 0 aliphatic rings. The van der Waals surface area contributed by atoms with Crippen molar-refractivity contribution in [2.45, 2.75) is 0 Å². The summed E-state index contributed by atoms with van der Waals surface area (Å²) in [6.45, 7) is 0. The molecule has 10 heavy (non-hydrogen) atoms. The van der Waals surface area contributed by atoms with Gasteiger partial charge < -0.3 is 0 Å². The molecule has 0 nitrogen and oxygen atoms in total. The normalized spacial score (nSPS) is 0. The standard InChI is InChI=1S/8ClH.2K.2H/h8*1H;;;;. The predicted octanol–water partition coefficient (Wildman–Crippen LogP) is 2.08. The Balaban J connectivity index is 0. The molecule has 0 unspecified atom stereocenters. The summed E-state index contributed by atoms with van der Waals surface area (Å²) in [6, 6.07) is 0. The van der Waals surface area contributed by atoms with Crippen molar-refractivity contribution in [1.82, 2.24) is 0 Å². The van der Waals surface area contributed by atoms with Crippen molar-refractivity contribution in [2.24, 2.45) is 0 Å². The molecule has 0 bridgehead atoms. The van der Waals surface area contributed by atoms with Crippen LogP contribution in [0.1, 0.15) is 0 Å². The Morgan fingerprint density at radius 2 is 0.200 bits per heavy atom. The Labute approximate surface area is 196 Å². The molecule has 0 rings (SSSR count). The summed E-state index contributed by atoms with van der Waals surface area (Å²) in [7, 11) is 0. The van der Waals surface area contributed by atoms with Crippen LogP contribution in [0.15, 0.2) is 0 Å². The number of halogens is 8. The fourth-order valence-electron chi connectivity index (χ4n) is 0. The molecule has 0 radical (unpaired) electrons. The molecule has 0 heterocycles. The molecular formula is H10Cl8K2. The van der Waals surface area contributed by atoms with Gasteiger partial charge in [-0.25, -0.2) is 0 Å². The Morgan fingerprint density at radius 3 is 0.200 bits per heavy atom. The van der Waals surface area contributed by atoms with Gasteiger partial charge in [0.1, 0.15) is 0 Å². The average Bonchev–Trinajstić information content (AvgIpc) is 0. The van der Waals surface area contributed by atoms with Crippen molar-refractivity contribution < 1.29 is 0 Å². The monoisotopic (exact) mass is 368 g/mol. The van der Waals surface area contributed by atoms with Crippen molar-refractivity contribution in [2.75, 3.05) is 0 Å². The van der Waals surface area contributed by atoms with E-state index >= 15 is 0 Å². The molecule has 0 amide bonds. The van der Waals surface area contributed by atoms with E-state index in [4.69, 9.17) is 0 Å². The van der Waals surface area contributed by atoms with E-state index in [2.05, 4.69) is 0 Å². The van der Waals surface area contributed by atoms with Gasteiger partial charge in [-0.1, -0.05) is 0 Å². The van der Waals surface area contributed by atoms with E-state index in [1.807, 2.05) is 0 Å². The summed E-state index contributed by atoms with van der Waals surface area (Å²) < 4.78 is 0. The molecule has 0 aliphatic carbocycles. The Bertz CT molecular complexity index is 7.22. The molecule has 68 valence electrons. The van der Waals surface area contributed by atoms with Crippen LogP contribution in [0.25, 0.3) is 0 Å². The minimum absolute atomic E-state index is 0. The zero-order chi connectivity index (χ0) is 0. The summed E-state index contributed by atoms with van der Waals surface area (Å²) >= 11 is 0. The van der Waals surface area contributed by atoms with Crippen LogP contribution in [0.5, 0.6) is 0 Å². The predicted molar refractivity (Wildman–Crippen MR) is 72.3 cm³/mol. The number of hydrogen-bond donors (Lipinski definition) is 0. The second-order valence-corrected chi connectivity index (χ2v) is 0. The van der Waals surface area contributed by atoms with Crippen LogP contribution in [-0.2, 0) is 0 Å². The van der Waals surface area contributed by atoms with E-state index in [0.29, 0.717) is 0 Å². The maximum atomic E-state index is 0. The van der Waals surface area contributed by atoms with Crippen LogP contribution in [-0.4, -0.2) is 103 Å². The first-order chi connectivity index (χ1) is 0. The SMILES string of the molecule is Cl.Cl.Cl.Cl.Cl.Cl.Cl.Cl.[KH].[KH]. The van der Waals surface area contributed by atoms with Gasteiger partial charge >= 0.3 is 103 Å². The third kappa shape index (κ3) is 68.9. The summed E-state index contributed by atoms with van der Waals surface area (Å²) in [5.74, 6) is 0. The Kier molecular flexibility index (Phi) is 915. The van der Waals surface area contributed by atoms with Gasteiger partial charge in [-0.3, -0.25) is 0 Å². The number of hydrogen-bond acceptors (Lipinski definition) is 0. The molecule has 10 heteroatoms. The maximum absolute atomic E-state index is 0. The minimum atomic E-state index is 0. The summed E-state index contributed by atoms with van der Waals surface area (Å²) in [5.41, 5.74) is 0. The topological polar surface area (TPSA) is 0 Å². The Hall–Kier alpha value is 5.59. The van der Waals surface area contributed by atoms with Crippen LogP contribution in [0.2, 0.25) is 0 Å². The fraction of sp³-hybridized carbons (Fsp3) is 0. The van der Waals surface area contributed by atoms with Crippen LogP contribution in [0.4, 0.5) is 0 Å². The summed E-state index contributed by atoms with van der Waals surface area (Å²) in [6.07, 6.45) is 0. The van der Waals surface area contributed by atoms with E-state index in [0.717, 1.165) is 0 Å². The fourth-order valence-corrected chi connectivity index (χ4v) is 0. The quantitative estimate of drug-likeness (QED) is 0.572. The van der Waals surface area contributed by atoms with Crippen molar-refractivity contribution in [3.05, 3.63) is 0 Å². The zero-order valence-electron chi connectivity index (χ0n) is 3.27. The van der Waals surface area contributed by atoms with Crippen LogP contribution >= 0.6 is 99.3 Å². The molecule has 0 atom stereocenters. The van der Waals surface area contributed by atoms with E-state index in [1.54, 1.807) is 0 Å². The van der Waals surface area contributed by atoms with Gasteiger partial charge in [0.2, 0.25) is 0 Å². The van der Waals surface area contributed by atoms with Crippen molar-refractivity contribution >= 4 is 202 Å². The molecule has 0 spiro atoms. The van der Waals surface area contributed by atoms with Crippen LogP contribution < -0.4 is 0 Å². The van der Waals surface area contributed by atoms with Crippen molar-refractivity contribution in [3.8, 4) is 0 Å². The van der Waals surface area contributed by atoms with Gasteiger partial charge in [-0.2, -0.15) is 0 Å². The van der Waals surface area contributed by atoms with Crippen molar-refractivity contribution in [3.63, 3.8) is 0 Å². The molecular weight excluding hydrogens is 362 g/mol. The van der Waals surface area contributed by atoms with Gasteiger partial charge in [-0.15, -0.1) is 99.3 Å². The Morgan fingerprint density at radius 1 is 0.200 bits per heavy atom. The van der Waals surface area contributed by atoms with Crippen molar-refractivity contribution in [1.29, 1.82) is 0 Å². The number of rotatable bonds is 0. The summed E-state index contributed by atoms with van der Waals surface area (Å²) in [5, 5.41) is 0. The molecule has 0 aliphatic heterocycles. The third-order valence-electron chi connectivity index (χ3n) is 0. The summed E-state index contributed by atoms with van der Waals surface area (Å²) in [4.78, 5) is 0. The second-order valence-electron chi connectivity index (χ2n) is 0. The van der Waals surface area contributed by atoms with E-state index in [9.17, 15) is 0 Å². The zero-order valence-corrected chi connectivity index (χ0v) is 9.80. The first kappa shape index (κ1) is 106. The van der Waals surface area contributed by atoms with E-state index in [1.165, 1.54) is 0 Å². The molecule has 0 aromatic rings. The molecule has 0 aromatic carbocycles. The van der Waals surface area contributed by atoms with Crippen LogP contribution in [0.3, 0.4) is 0 Å². The van der Waals surface area contributed by atoms with Gasteiger partial charge in [-0.05, 0) is 0 Å². The van der Waals surface area contributed by atoms with E-state index in [-0.39, 0.29) is 202 Å². The molecule has 0 N–H and O–H groups in total. The van der Waals surface area contributed by atoms with Gasteiger partial charge in [0.15, 0.2) is 0 Å². The first-order valence-electron chi connectivity index (χ1n) is 0. The van der Waals surface area contributed by atoms with Gasteiger partial charge in [0.05, 0.1) is 0 Å². The van der Waals surface area contributed by atoms with Crippen LogP contribution in [0, 0.1) is 0 Å².